The molecule has 2 rings (SSSR count). The maximum Gasteiger partial charge on any atom is 0.287 e. The Morgan fingerprint density at radius 1 is 1.26 bits per heavy atom. The third-order valence-electron chi connectivity index (χ3n) is 3.49. The lowest BCUT2D eigenvalue weighted by atomic mass is 10.1. The summed E-state index contributed by atoms with van der Waals surface area (Å²) in [7, 11) is 0. The normalized spacial score (nSPS) is 11.7. The summed E-state index contributed by atoms with van der Waals surface area (Å²) in [6, 6.07) is 14.0. The van der Waals surface area contributed by atoms with Crippen LogP contribution in [0.5, 0.6) is 0 Å². The van der Waals surface area contributed by atoms with Gasteiger partial charge >= 0.3 is 0 Å². The Labute approximate surface area is 139 Å². The first-order valence-corrected chi connectivity index (χ1v) is 7.64. The Morgan fingerprint density at radius 3 is 2.57 bits per heavy atom. The van der Waals surface area contributed by atoms with Crippen molar-refractivity contribution in [1.82, 2.24) is 5.32 Å². The molecule has 1 atom stereocenters. The molecule has 0 aromatic heterocycles. The van der Waals surface area contributed by atoms with Crippen molar-refractivity contribution in [2.75, 3.05) is 0 Å². The molecule has 0 saturated heterocycles. The van der Waals surface area contributed by atoms with Gasteiger partial charge in [-0.25, -0.2) is 0 Å². The van der Waals surface area contributed by atoms with Gasteiger partial charge in [-0.15, -0.1) is 0 Å². The van der Waals surface area contributed by atoms with Crippen LogP contribution >= 0.6 is 11.6 Å². The molecule has 5 nitrogen and oxygen atoms in total. The number of nitrogens with zero attached hydrogens (tertiary/aromatic N) is 1. The molecule has 0 bridgehead atoms. The van der Waals surface area contributed by atoms with Crippen molar-refractivity contribution in [2.45, 2.75) is 25.8 Å². The molecule has 0 saturated carbocycles. The van der Waals surface area contributed by atoms with Gasteiger partial charge in [0.2, 0.25) is 0 Å². The second-order valence-electron chi connectivity index (χ2n) is 5.32. The highest BCUT2D eigenvalue weighted by atomic mass is 35.5. The number of carbonyl (C=O) groups excluding carboxylic acids is 1. The number of hydrogen-bond donors (Lipinski definition) is 1. The molecule has 0 fully saturated rings. The van der Waals surface area contributed by atoms with E-state index in [1.807, 2.05) is 37.3 Å². The van der Waals surface area contributed by atoms with E-state index in [1.165, 1.54) is 23.8 Å². The minimum atomic E-state index is -0.577. The van der Waals surface area contributed by atoms with Crippen LogP contribution in [0.25, 0.3) is 0 Å². The monoisotopic (exact) mass is 332 g/mol. The molecule has 1 amide bonds. The Kier molecular flexibility index (Phi) is 5.71. The number of nitro groups is 1. The zero-order valence-electron chi connectivity index (χ0n) is 12.7. The second kappa shape index (κ2) is 7.74. The predicted molar refractivity (Wildman–Crippen MR) is 89.8 cm³/mol. The van der Waals surface area contributed by atoms with Gasteiger partial charge in [0, 0.05) is 17.7 Å². The van der Waals surface area contributed by atoms with Crippen LogP contribution in [0.2, 0.25) is 5.02 Å². The summed E-state index contributed by atoms with van der Waals surface area (Å²) in [5.41, 5.74) is 1.32. The van der Waals surface area contributed by atoms with Crippen LogP contribution in [0, 0.1) is 10.1 Å². The van der Waals surface area contributed by atoms with E-state index in [1.54, 1.807) is 0 Å². The van der Waals surface area contributed by atoms with Crippen LogP contribution in [0.3, 0.4) is 0 Å². The third kappa shape index (κ3) is 4.79. The van der Waals surface area contributed by atoms with Gasteiger partial charge in [-0.3, -0.25) is 14.9 Å². The van der Waals surface area contributed by atoms with E-state index < -0.39 is 4.92 Å². The Hall–Kier alpha value is -2.40. The van der Waals surface area contributed by atoms with E-state index in [0.717, 1.165) is 12.8 Å². The first kappa shape index (κ1) is 17.0. The molecule has 1 N–H and O–H groups in total. The average Bonchev–Trinajstić information content (AvgIpc) is 2.53. The summed E-state index contributed by atoms with van der Waals surface area (Å²) >= 11 is 5.82. The van der Waals surface area contributed by atoms with Crippen molar-refractivity contribution in [3.05, 3.63) is 74.8 Å². The standard InChI is InChI=1S/C17H17ClN2O3/c1-12(7-8-13-5-3-2-4-6-13)19-17(21)14-9-10-16(20(22)23)15(18)11-14/h2-6,9-12H,7-8H2,1H3,(H,19,21)/t12-/m0/s1. The highest BCUT2D eigenvalue weighted by Crippen LogP contribution is 2.25. The van der Waals surface area contributed by atoms with Crippen LogP contribution in [-0.2, 0) is 6.42 Å². The van der Waals surface area contributed by atoms with Crippen LogP contribution in [0.1, 0.15) is 29.3 Å². The predicted octanol–water partition coefficient (Wildman–Crippen LogP) is 4.00. The number of nitrogens with one attached hydrogen (secondary N) is 1. The van der Waals surface area contributed by atoms with Gasteiger partial charge in [0.05, 0.1) is 4.92 Å². The number of amides is 1. The minimum absolute atomic E-state index is 0.0170. The van der Waals surface area contributed by atoms with Crippen molar-refractivity contribution < 1.29 is 9.72 Å². The number of carbonyl (C=O) groups is 1. The Balaban J connectivity index is 1.93. The van der Waals surface area contributed by atoms with Gasteiger partial charge in [0.25, 0.3) is 11.6 Å². The molecule has 120 valence electrons. The summed E-state index contributed by atoms with van der Waals surface area (Å²) in [4.78, 5) is 22.3. The molecule has 2 aromatic rings. The number of aryl methyl sites for hydroxylation is 1. The highest BCUT2D eigenvalue weighted by Gasteiger charge is 2.16. The van der Waals surface area contributed by atoms with E-state index in [2.05, 4.69) is 5.32 Å². The number of halogens is 1. The number of rotatable bonds is 6. The summed E-state index contributed by atoms with van der Waals surface area (Å²) in [6.07, 6.45) is 1.67. The molecule has 0 aliphatic rings. The van der Waals surface area contributed by atoms with Crippen molar-refractivity contribution in [1.29, 1.82) is 0 Å². The first-order chi connectivity index (χ1) is 11.0. The van der Waals surface area contributed by atoms with E-state index >= 15 is 0 Å². The van der Waals surface area contributed by atoms with E-state index in [-0.39, 0.29) is 22.7 Å². The van der Waals surface area contributed by atoms with E-state index in [9.17, 15) is 14.9 Å². The van der Waals surface area contributed by atoms with Crippen LogP contribution < -0.4 is 5.32 Å². The lowest BCUT2D eigenvalue weighted by Gasteiger charge is -2.14. The zero-order chi connectivity index (χ0) is 16.8. The van der Waals surface area contributed by atoms with Gasteiger partial charge in [-0.05, 0) is 37.5 Å². The molecule has 0 aliphatic heterocycles. The molecule has 23 heavy (non-hydrogen) atoms. The van der Waals surface area contributed by atoms with Crippen LogP contribution in [0.15, 0.2) is 48.5 Å². The van der Waals surface area contributed by atoms with Crippen LogP contribution in [-0.4, -0.2) is 16.9 Å². The molecule has 2 aromatic carbocycles. The highest BCUT2D eigenvalue weighted by molar-refractivity contribution is 6.33. The van der Waals surface area contributed by atoms with E-state index in [4.69, 9.17) is 11.6 Å². The largest absolute Gasteiger partial charge is 0.350 e. The molecular formula is C17H17ClN2O3. The maximum absolute atomic E-state index is 12.2. The Bertz CT molecular complexity index is 704. The Morgan fingerprint density at radius 2 is 1.96 bits per heavy atom. The van der Waals surface area contributed by atoms with E-state index in [0.29, 0.717) is 5.56 Å². The van der Waals surface area contributed by atoms with Crippen molar-refractivity contribution in [3.63, 3.8) is 0 Å². The van der Waals surface area contributed by atoms with Crippen molar-refractivity contribution in [2.24, 2.45) is 0 Å². The molecule has 0 unspecified atom stereocenters. The summed E-state index contributed by atoms with van der Waals surface area (Å²) in [5, 5.41) is 13.6. The lowest BCUT2D eigenvalue weighted by molar-refractivity contribution is -0.384. The minimum Gasteiger partial charge on any atom is -0.350 e. The number of nitro benzene ring substituents is 1. The molecule has 0 aliphatic carbocycles. The molecular weight excluding hydrogens is 316 g/mol. The average molecular weight is 333 g/mol. The van der Waals surface area contributed by atoms with Crippen molar-refractivity contribution in [3.8, 4) is 0 Å². The molecule has 0 spiro atoms. The van der Waals surface area contributed by atoms with Gasteiger partial charge < -0.3 is 5.32 Å². The second-order valence-corrected chi connectivity index (χ2v) is 5.73. The fourth-order valence-corrected chi connectivity index (χ4v) is 2.45. The zero-order valence-corrected chi connectivity index (χ0v) is 13.4. The number of hydrogen-bond acceptors (Lipinski definition) is 3. The van der Waals surface area contributed by atoms with Gasteiger partial charge in [0.1, 0.15) is 5.02 Å². The van der Waals surface area contributed by atoms with Gasteiger partial charge in [-0.1, -0.05) is 41.9 Å². The molecule has 0 heterocycles. The molecule has 0 radical (unpaired) electrons. The fourth-order valence-electron chi connectivity index (χ4n) is 2.20. The van der Waals surface area contributed by atoms with Gasteiger partial charge in [0.15, 0.2) is 0 Å². The number of benzene rings is 2. The lowest BCUT2D eigenvalue weighted by Crippen LogP contribution is -2.32. The molecule has 6 heteroatoms. The quantitative estimate of drug-likeness (QED) is 0.642. The summed E-state index contributed by atoms with van der Waals surface area (Å²) in [5.74, 6) is -0.289. The SMILES string of the molecule is C[C@@H](CCc1ccccc1)NC(=O)c1ccc([N+](=O)[O-])c(Cl)c1. The maximum atomic E-state index is 12.2. The first-order valence-electron chi connectivity index (χ1n) is 7.26. The summed E-state index contributed by atoms with van der Waals surface area (Å²) in [6.45, 7) is 1.92. The third-order valence-corrected chi connectivity index (χ3v) is 3.80. The smallest absolute Gasteiger partial charge is 0.287 e. The fraction of sp³-hybridized carbons (Fsp3) is 0.235. The summed E-state index contributed by atoms with van der Waals surface area (Å²) < 4.78 is 0. The van der Waals surface area contributed by atoms with Crippen LogP contribution in [0.4, 0.5) is 5.69 Å². The van der Waals surface area contributed by atoms with Gasteiger partial charge in [-0.2, -0.15) is 0 Å². The van der Waals surface area contributed by atoms with Crippen molar-refractivity contribution >= 4 is 23.2 Å². The topological polar surface area (TPSA) is 72.2 Å².